The lowest BCUT2D eigenvalue weighted by Gasteiger charge is -2.11. The molecule has 0 spiro atoms. The van der Waals surface area contributed by atoms with Gasteiger partial charge in [0, 0.05) is 30.0 Å². The van der Waals surface area contributed by atoms with Crippen LogP contribution in [0.1, 0.15) is 30.3 Å². The summed E-state index contributed by atoms with van der Waals surface area (Å²) in [4.78, 5) is 42.7. The number of halogens is 1. The lowest BCUT2D eigenvalue weighted by atomic mass is 10.2. The first-order chi connectivity index (χ1) is 15.2. The third-order valence-corrected chi connectivity index (χ3v) is 6.25. The van der Waals surface area contributed by atoms with Gasteiger partial charge in [-0.25, -0.2) is 4.79 Å². The van der Waals surface area contributed by atoms with Crippen LogP contribution < -0.4 is 11.2 Å². The molecule has 0 saturated carbocycles. The van der Waals surface area contributed by atoms with E-state index < -0.39 is 17.2 Å². The molecule has 0 N–H and O–H groups in total. The first kappa shape index (κ1) is 21.9. The largest absolute Gasteiger partial charge is 0.466 e. The van der Waals surface area contributed by atoms with Crippen molar-refractivity contribution in [2.45, 2.75) is 40.7 Å². The fourth-order valence-corrected chi connectivity index (χ4v) is 4.18. The van der Waals surface area contributed by atoms with Gasteiger partial charge in [0.1, 0.15) is 0 Å². The summed E-state index contributed by atoms with van der Waals surface area (Å²) in [5, 5.41) is 0.622. The van der Waals surface area contributed by atoms with Crippen LogP contribution in [0.25, 0.3) is 22.6 Å². The second-order valence-corrected chi connectivity index (χ2v) is 8.07. The molecule has 0 bridgehead atoms. The summed E-state index contributed by atoms with van der Waals surface area (Å²) in [5.41, 5.74) is 2.96. The first-order valence-electron chi connectivity index (χ1n) is 10.3. The Morgan fingerprint density at radius 2 is 1.88 bits per heavy atom. The molecule has 9 nitrogen and oxygen atoms in total. The number of benzene rings is 1. The molecule has 3 aromatic heterocycles. The minimum atomic E-state index is -0.535. The van der Waals surface area contributed by atoms with Crippen LogP contribution in [0.5, 0.6) is 0 Å². The van der Waals surface area contributed by atoms with Crippen LogP contribution in [0.4, 0.5) is 0 Å². The van der Waals surface area contributed by atoms with E-state index in [2.05, 4.69) is 4.98 Å². The van der Waals surface area contributed by atoms with E-state index in [1.165, 1.54) is 4.57 Å². The summed E-state index contributed by atoms with van der Waals surface area (Å²) < 4.78 is 11.0. The Bertz CT molecular complexity index is 1510. The van der Waals surface area contributed by atoms with Gasteiger partial charge in [-0.2, -0.15) is 4.98 Å². The van der Waals surface area contributed by atoms with Gasteiger partial charge in [-0.15, -0.1) is 0 Å². The fraction of sp³-hybridized carbons (Fsp3) is 0.364. The maximum atomic E-state index is 13.4. The van der Waals surface area contributed by atoms with E-state index in [-0.39, 0.29) is 30.7 Å². The normalized spacial score (nSPS) is 11.6. The van der Waals surface area contributed by atoms with E-state index in [4.69, 9.17) is 16.3 Å². The summed E-state index contributed by atoms with van der Waals surface area (Å²) in [5.74, 6) is 0.0465. The van der Waals surface area contributed by atoms with Crippen LogP contribution in [0.3, 0.4) is 0 Å². The third-order valence-electron chi connectivity index (χ3n) is 5.84. The number of nitrogens with zero attached hydrogens (tertiary/aromatic N) is 5. The van der Waals surface area contributed by atoms with Gasteiger partial charge in [-0.05, 0) is 45.4 Å². The van der Waals surface area contributed by atoms with Crippen molar-refractivity contribution in [3.63, 3.8) is 0 Å². The smallest absolute Gasteiger partial charge is 0.332 e. The molecule has 1 aromatic carbocycles. The summed E-state index contributed by atoms with van der Waals surface area (Å²) >= 11 is 6.35. The van der Waals surface area contributed by atoms with E-state index in [9.17, 15) is 14.4 Å². The second kappa shape index (κ2) is 7.98. The quantitative estimate of drug-likeness (QED) is 0.429. The van der Waals surface area contributed by atoms with Crippen molar-refractivity contribution in [2.24, 2.45) is 7.05 Å². The topological polar surface area (TPSA) is 92.5 Å². The van der Waals surface area contributed by atoms with Crippen molar-refractivity contribution in [3.8, 4) is 5.69 Å². The summed E-state index contributed by atoms with van der Waals surface area (Å²) in [6.45, 7) is 7.63. The van der Waals surface area contributed by atoms with Gasteiger partial charge in [0.25, 0.3) is 5.56 Å². The van der Waals surface area contributed by atoms with Crippen molar-refractivity contribution in [1.29, 1.82) is 0 Å². The molecule has 3 heterocycles. The Hall–Kier alpha value is -3.33. The van der Waals surface area contributed by atoms with E-state index in [0.717, 1.165) is 27.2 Å². The molecule has 0 atom stereocenters. The molecule has 0 aliphatic rings. The van der Waals surface area contributed by atoms with Gasteiger partial charge in [0.15, 0.2) is 11.2 Å². The number of fused-ring (bicyclic) bond motifs is 3. The van der Waals surface area contributed by atoms with Gasteiger partial charge in [0.2, 0.25) is 5.78 Å². The number of carbonyl (C=O) groups excluding carboxylic acids is 1. The molecule has 168 valence electrons. The van der Waals surface area contributed by atoms with E-state index in [1.807, 2.05) is 43.5 Å². The number of ether oxygens (including phenoxy) is 1. The summed E-state index contributed by atoms with van der Waals surface area (Å²) in [6.07, 6.45) is -0.0723. The zero-order valence-electron chi connectivity index (χ0n) is 18.6. The number of rotatable bonds is 5. The predicted molar refractivity (Wildman–Crippen MR) is 122 cm³/mol. The standard InChI is InChI=1S/C22H24ClN5O4/c1-6-32-17(29)10-11-26-20(30)18-19(25(5)22(26)31)24-21-27(13(3)14(4)28(18)21)16-9-7-8-15(23)12(16)2/h7-9H,6,10-11H2,1-5H3. The number of aryl methyl sites for hydroxylation is 2. The highest BCUT2D eigenvalue weighted by atomic mass is 35.5. The molecule has 10 heteroatoms. The Morgan fingerprint density at radius 3 is 2.56 bits per heavy atom. The Morgan fingerprint density at radius 1 is 1.16 bits per heavy atom. The number of carbonyl (C=O) groups is 1. The molecular formula is C22H24ClN5O4. The summed E-state index contributed by atoms with van der Waals surface area (Å²) in [7, 11) is 1.56. The van der Waals surface area contributed by atoms with Crippen LogP contribution >= 0.6 is 11.6 Å². The Labute approximate surface area is 188 Å². The molecule has 0 radical (unpaired) electrons. The van der Waals surface area contributed by atoms with Crippen LogP contribution in [0.2, 0.25) is 5.02 Å². The highest BCUT2D eigenvalue weighted by Gasteiger charge is 2.24. The monoisotopic (exact) mass is 457 g/mol. The van der Waals surface area contributed by atoms with Crippen molar-refractivity contribution < 1.29 is 9.53 Å². The van der Waals surface area contributed by atoms with Crippen LogP contribution in [0, 0.1) is 20.8 Å². The van der Waals surface area contributed by atoms with Crippen LogP contribution in [-0.4, -0.2) is 35.7 Å². The zero-order valence-corrected chi connectivity index (χ0v) is 19.4. The molecule has 0 saturated heterocycles. The maximum absolute atomic E-state index is 13.4. The molecule has 0 aliphatic heterocycles. The second-order valence-electron chi connectivity index (χ2n) is 7.66. The molecule has 4 rings (SSSR count). The zero-order chi connectivity index (χ0) is 23.3. The van der Waals surface area contributed by atoms with Gasteiger partial charge in [-0.1, -0.05) is 17.7 Å². The molecule has 0 unspecified atom stereocenters. The number of esters is 1. The number of hydrogen-bond acceptors (Lipinski definition) is 5. The minimum absolute atomic E-state index is 0.0698. The molecule has 0 amide bonds. The fourth-order valence-electron chi connectivity index (χ4n) is 4.01. The minimum Gasteiger partial charge on any atom is -0.466 e. The van der Waals surface area contributed by atoms with Crippen molar-refractivity contribution in [2.75, 3.05) is 6.61 Å². The van der Waals surface area contributed by atoms with Crippen molar-refractivity contribution >= 4 is 34.5 Å². The van der Waals surface area contributed by atoms with Crippen LogP contribution in [0.15, 0.2) is 27.8 Å². The average molecular weight is 458 g/mol. The molecule has 4 aromatic rings. The first-order valence-corrected chi connectivity index (χ1v) is 10.7. The third kappa shape index (κ3) is 3.15. The molecule has 0 fully saturated rings. The average Bonchev–Trinajstić information content (AvgIpc) is 3.25. The van der Waals surface area contributed by atoms with Gasteiger partial charge < -0.3 is 4.74 Å². The van der Waals surface area contributed by atoms with Gasteiger partial charge >= 0.3 is 11.7 Å². The Kier molecular flexibility index (Phi) is 5.46. The highest BCUT2D eigenvalue weighted by molar-refractivity contribution is 6.31. The van der Waals surface area contributed by atoms with Crippen LogP contribution in [-0.2, 0) is 23.1 Å². The lowest BCUT2D eigenvalue weighted by Crippen LogP contribution is -2.40. The van der Waals surface area contributed by atoms with Crippen molar-refractivity contribution in [3.05, 3.63) is 61.0 Å². The van der Waals surface area contributed by atoms with E-state index in [1.54, 1.807) is 18.4 Å². The number of imidazole rings is 2. The van der Waals surface area contributed by atoms with E-state index >= 15 is 0 Å². The van der Waals surface area contributed by atoms with E-state index in [0.29, 0.717) is 10.8 Å². The van der Waals surface area contributed by atoms with Gasteiger partial charge in [0.05, 0.1) is 18.7 Å². The molecular weight excluding hydrogens is 434 g/mol. The Balaban J connectivity index is 2.03. The highest BCUT2D eigenvalue weighted by Crippen LogP contribution is 2.29. The molecule has 0 aliphatic carbocycles. The maximum Gasteiger partial charge on any atom is 0.332 e. The van der Waals surface area contributed by atoms with Gasteiger partial charge in [-0.3, -0.25) is 27.7 Å². The number of hydrogen-bond donors (Lipinski definition) is 0. The number of aromatic nitrogens is 5. The predicted octanol–water partition coefficient (Wildman–Crippen LogP) is 2.67. The molecule has 32 heavy (non-hydrogen) atoms. The summed E-state index contributed by atoms with van der Waals surface area (Å²) in [6, 6.07) is 5.61. The SMILES string of the molecule is CCOC(=O)CCn1c(=O)c2c(nc3n(-c4cccc(Cl)c4C)c(C)c(C)n23)n(C)c1=O. The van der Waals surface area contributed by atoms with Crippen molar-refractivity contribution in [1.82, 2.24) is 23.1 Å². The lowest BCUT2D eigenvalue weighted by molar-refractivity contribution is -0.143.